The van der Waals surface area contributed by atoms with Gasteiger partial charge in [-0.3, -0.25) is 0 Å². The first-order chi connectivity index (χ1) is 13.1. The Labute approximate surface area is 166 Å². The van der Waals surface area contributed by atoms with Crippen LogP contribution in [0.2, 0.25) is 0 Å². The predicted octanol–water partition coefficient (Wildman–Crippen LogP) is 3.48. The molecular weight excluding hydrogens is 380 g/mol. The van der Waals surface area contributed by atoms with E-state index in [2.05, 4.69) is 29.3 Å². The van der Waals surface area contributed by atoms with Crippen LogP contribution in [0.15, 0.2) is 46.7 Å². The Morgan fingerprint density at radius 1 is 1.07 bits per heavy atom. The zero-order chi connectivity index (χ0) is 19.1. The smallest absolute Gasteiger partial charge is 0.243 e. The minimum atomic E-state index is -3.43. The lowest BCUT2D eigenvalue weighted by molar-refractivity contribution is 0.190. The van der Waals surface area contributed by atoms with Crippen molar-refractivity contribution in [3.05, 3.63) is 46.7 Å². The van der Waals surface area contributed by atoms with Crippen LogP contribution >= 0.6 is 11.3 Å². The zero-order valence-corrected chi connectivity index (χ0v) is 17.5. The van der Waals surface area contributed by atoms with Crippen LogP contribution < -0.4 is 4.74 Å². The third-order valence-corrected chi connectivity index (χ3v) is 7.66. The van der Waals surface area contributed by atoms with Crippen molar-refractivity contribution in [3.63, 3.8) is 0 Å². The van der Waals surface area contributed by atoms with Crippen LogP contribution in [0, 0.1) is 0 Å². The van der Waals surface area contributed by atoms with Crippen molar-refractivity contribution in [1.82, 2.24) is 9.21 Å². The highest BCUT2D eigenvalue weighted by atomic mass is 32.2. The number of piperazine rings is 1. The Morgan fingerprint density at radius 2 is 1.81 bits per heavy atom. The molecule has 1 aliphatic heterocycles. The summed E-state index contributed by atoms with van der Waals surface area (Å²) in [5.74, 6) is 0.723. The molecule has 1 aromatic heterocycles. The first kappa shape index (κ1) is 20.3. The van der Waals surface area contributed by atoms with Crippen molar-refractivity contribution in [2.75, 3.05) is 39.3 Å². The molecule has 0 atom stereocenters. The molecule has 148 valence electrons. The van der Waals surface area contributed by atoms with E-state index >= 15 is 0 Å². The Kier molecular flexibility index (Phi) is 7.29. The number of nitrogens with zero attached hydrogens (tertiary/aromatic N) is 2. The quantitative estimate of drug-likeness (QED) is 0.596. The molecule has 0 aliphatic carbocycles. The zero-order valence-electron chi connectivity index (χ0n) is 15.8. The molecule has 1 aliphatic rings. The van der Waals surface area contributed by atoms with Crippen molar-refractivity contribution in [1.29, 1.82) is 0 Å². The molecule has 1 aromatic carbocycles. The van der Waals surface area contributed by atoms with Gasteiger partial charge in [-0.05, 0) is 48.6 Å². The molecule has 0 N–H and O–H groups in total. The highest BCUT2D eigenvalue weighted by Gasteiger charge is 2.28. The van der Waals surface area contributed by atoms with Crippen LogP contribution in [0.3, 0.4) is 0 Å². The van der Waals surface area contributed by atoms with Gasteiger partial charge in [0.2, 0.25) is 10.0 Å². The van der Waals surface area contributed by atoms with Gasteiger partial charge in [0, 0.05) is 37.6 Å². The third-order valence-electron chi connectivity index (χ3n) is 4.81. The predicted molar refractivity (Wildman–Crippen MR) is 110 cm³/mol. The topological polar surface area (TPSA) is 49.9 Å². The number of ether oxygens (including phenoxy) is 1. The maximum absolute atomic E-state index is 12.9. The van der Waals surface area contributed by atoms with Gasteiger partial charge < -0.3 is 9.64 Å². The van der Waals surface area contributed by atoms with E-state index in [1.165, 1.54) is 4.88 Å². The van der Waals surface area contributed by atoms with Crippen LogP contribution in [0.1, 0.15) is 24.6 Å². The number of rotatable bonds is 9. The number of sulfonamides is 1. The molecule has 27 heavy (non-hydrogen) atoms. The standard InChI is InChI=1S/C20H28N2O3S2/c1-2-3-16-25-18-6-8-20(9-7-18)27(23,24)22-14-12-21(13-15-22)11-10-19-5-4-17-26-19/h4-9,17H,2-3,10-16H2,1H3. The minimum absolute atomic E-state index is 0.345. The second-order valence-electron chi connectivity index (χ2n) is 6.75. The normalized spacial score (nSPS) is 16.5. The Balaban J connectivity index is 1.51. The molecule has 0 saturated carbocycles. The molecule has 0 spiro atoms. The first-order valence-electron chi connectivity index (χ1n) is 9.57. The molecule has 0 amide bonds. The van der Waals surface area contributed by atoms with Crippen molar-refractivity contribution in [2.24, 2.45) is 0 Å². The van der Waals surface area contributed by atoms with Crippen molar-refractivity contribution >= 4 is 21.4 Å². The van der Waals surface area contributed by atoms with Crippen LogP contribution in [0.5, 0.6) is 5.75 Å². The average molecular weight is 409 g/mol. The summed E-state index contributed by atoms with van der Waals surface area (Å²) in [5, 5.41) is 2.10. The fourth-order valence-corrected chi connectivity index (χ4v) is 5.23. The maximum atomic E-state index is 12.9. The molecular formula is C20H28N2O3S2. The average Bonchev–Trinajstić information content (AvgIpc) is 3.21. The lowest BCUT2D eigenvalue weighted by Gasteiger charge is -2.33. The van der Waals surface area contributed by atoms with Crippen LogP contribution in [-0.4, -0.2) is 57.0 Å². The van der Waals surface area contributed by atoms with Crippen LogP contribution in [-0.2, 0) is 16.4 Å². The number of unbranched alkanes of at least 4 members (excludes halogenated alkanes) is 1. The van der Waals surface area contributed by atoms with Crippen molar-refractivity contribution in [2.45, 2.75) is 31.1 Å². The third kappa shape index (κ3) is 5.54. The number of hydrogen-bond donors (Lipinski definition) is 0. The summed E-state index contributed by atoms with van der Waals surface area (Å²) in [5.41, 5.74) is 0. The van der Waals surface area contributed by atoms with E-state index in [0.29, 0.717) is 24.6 Å². The van der Waals surface area contributed by atoms with E-state index in [1.807, 2.05) is 0 Å². The molecule has 2 aromatic rings. The molecule has 0 radical (unpaired) electrons. The second-order valence-corrected chi connectivity index (χ2v) is 9.72. The monoisotopic (exact) mass is 408 g/mol. The summed E-state index contributed by atoms with van der Waals surface area (Å²) in [6.45, 7) is 6.41. The second kappa shape index (κ2) is 9.68. The van der Waals surface area contributed by atoms with Crippen LogP contribution in [0.4, 0.5) is 0 Å². The molecule has 0 unspecified atom stereocenters. The SMILES string of the molecule is CCCCOc1ccc(S(=O)(=O)N2CCN(CCc3cccs3)CC2)cc1. The van der Waals surface area contributed by atoms with Gasteiger partial charge in [0.15, 0.2) is 0 Å². The van der Waals surface area contributed by atoms with Gasteiger partial charge in [0.05, 0.1) is 11.5 Å². The fraction of sp³-hybridized carbons (Fsp3) is 0.500. The molecule has 3 rings (SSSR count). The van der Waals surface area contributed by atoms with Crippen molar-refractivity contribution in [3.8, 4) is 5.75 Å². The van der Waals surface area contributed by atoms with Gasteiger partial charge in [0.25, 0.3) is 0 Å². The highest BCUT2D eigenvalue weighted by molar-refractivity contribution is 7.89. The van der Waals surface area contributed by atoms with Crippen LogP contribution in [0.25, 0.3) is 0 Å². The number of hydrogen-bond acceptors (Lipinski definition) is 5. The van der Waals surface area contributed by atoms with E-state index in [4.69, 9.17) is 4.74 Å². The molecule has 0 bridgehead atoms. The molecule has 7 heteroatoms. The lowest BCUT2D eigenvalue weighted by atomic mass is 10.3. The van der Waals surface area contributed by atoms with Crippen molar-refractivity contribution < 1.29 is 13.2 Å². The maximum Gasteiger partial charge on any atom is 0.243 e. The van der Waals surface area contributed by atoms with E-state index in [-0.39, 0.29) is 0 Å². The lowest BCUT2D eigenvalue weighted by Crippen LogP contribution is -2.48. The van der Waals surface area contributed by atoms with Gasteiger partial charge in [-0.25, -0.2) is 8.42 Å². The van der Waals surface area contributed by atoms with Gasteiger partial charge in [-0.1, -0.05) is 19.4 Å². The summed E-state index contributed by atoms with van der Waals surface area (Å²) in [4.78, 5) is 4.07. The summed E-state index contributed by atoms with van der Waals surface area (Å²) in [6, 6.07) is 11.0. The Bertz CT molecular complexity index is 781. The summed E-state index contributed by atoms with van der Waals surface area (Å²) < 4.78 is 33.0. The van der Waals surface area contributed by atoms with Gasteiger partial charge in [-0.2, -0.15) is 4.31 Å². The van der Waals surface area contributed by atoms with E-state index in [0.717, 1.165) is 44.6 Å². The number of benzene rings is 1. The Hall–Kier alpha value is -1.41. The largest absolute Gasteiger partial charge is 0.494 e. The Morgan fingerprint density at radius 3 is 2.44 bits per heavy atom. The summed E-state index contributed by atoms with van der Waals surface area (Å²) in [7, 11) is -3.43. The van der Waals surface area contributed by atoms with Gasteiger partial charge in [0.1, 0.15) is 5.75 Å². The van der Waals surface area contributed by atoms with Gasteiger partial charge >= 0.3 is 0 Å². The van der Waals surface area contributed by atoms with Gasteiger partial charge in [-0.15, -0.1) is 11.3 Å². The molecule has 1 saturated heterocycles. The van der Waals surface area contributed by atoms with E-state index in [9.17, 15) is 8.42 Å². The van der Waals surface area contributed by atoms with E-state index in [1.54, 1.807) is 39.9 Å². The summed E-state index contributed by atoms with van der Waals surface area (Å²) in [6.07, 6.45) is 3.10. The molecule has 2 heterocycles. The number of thiophene rings is 1. The summed E-state index contributed by atoms with van der Waals surface area (Å²) >= 11 is 1.78. The van der Waals surface area contributed by atoms with E-state index < -0.39 is 10.0 Å². The molecule has 1 fully saturated rings. The first-order valence-corrected chi connectivity index (χ1v) is 11.9. The highest BCUT2D eigenvalue weighted by Crippen LogP contribution is 2.21. The minimum Gasteiger partial charge on any atom is -0.494 e. The molecule has 5 nitrogen and oxygen atoms in total. The fourth-order valence-electron chi connectivity index (χ4n) is 3.11.